The molecule has 0 aliphatic rings. The Balaban J connectivity index is 5.13. The predicted molar refractivity (Wildman–Crippen MR) is 247 cm³/mol. The zero-order valence-corrected chi connectivity index (χ0v) is 39.5. The van der Waals surface area contributed by atoms with Gasteiger partial charge < -0.3 is 19.5 Å². The smallest absolute Gasteiger partial charge is 0.225 e. The maximum Gasteiger partial charge on any atom is 0.225 e. The Labute approximate surface area is 346 Å². The molecule has 0 bridgehead atoms. The van der Waals surface area contributed by atoms with E-state index in [9.17, 15) is 14.5 Å². The van der Waals surface area contributed by atoms with Gasteiger partial charge in [0.1, 0.15) is 0 Å². The van der Waals surface area contributed by atoms with Gasteiger partial charge in [0.15, 0.2) is 0 Å². The van der Waals surface area contributed by atoms with Crippen LogP contribution in [0.1, 0.15) is 246 Å². The van der Waals surface area contributed by atoms with Gasteiger partial charge in [0.05, 0.1) is 20.1 Å². The number of carbonyl (C=O) groups is 1. The largest absolute Gasteiger partial charge is 0.396 e. The van der Waals surface area contributed by atoms with Crippen LogP contribution in [0.5, 0.6) is 0 Å². The summed E-state index contributed by atoms with van der Waals surface area (Å²) in [6, 6.07) is 0. The van der Waals surface area contributed by atoms with E-state index in [0.717, 1.165) is 45.2 Å². The first-order valence-corrected chi connectivity index (χ1v) is 26.6. The maximum atomic E-state index is 14.4. The third-order valence-corrected chi connectivity index (χ3v) is 14.4. The Bertz CT molecular complexity index is 824. The quantitative estimate of drug-likeness (QED) is 0.0493. The summed E-state index contributed by atoms with van der Waals surface area (Å²) in [6.07, 6.45) is 45.0. The number of carbonyl (C=O) groups excluding carboxylic acids is 1. The van der Waals surface area contributed by atoms with E-state index in [0.29, 0.717) is 18.6 Å². The van der Waals surface area contributed by atoms with Crippen molar-refractivity contribution in [2.45, 2.75) is 252 Å². The highest BCUT2D eigenvalue weighted by atomic mass is 31.1. The molecule has 330 valence electrons. The molecule has 5 nitrogen and oxygen atoms in total. The van der Waals surface area contributed by atoms with Crippen LogP contribution < -0.4 is 0 Å². The van der Waals surface area contributed by atoms with Gasteiger partial charge in [-0.25, -0.2) is 0 Å². The summed E-state index contributed by atoms with van der Waals surface area (Å²) in [5.74, 6) is 0.975. The van der Waals surface area contributed by atoms with Crippen LogP contribution in [-0.4, -0.2) is 73.0 Å². The highest BCUT2D eigenvalue weighted by molar-refractivity contribution is 7.45. The van der Waals surface area contributed by atoms with Crippen LogP contribution >= 0.6 is 7.80 Å². The SMILES string of the molecule is CCCCCCCCCCCCCCCCCC(CCCCC)CCN(CC(CO)[PH](=O)CCN(C)C)C(=O)C(CCC)CCCCCCCCCCCC. The van der Waals surface area contributed by atoms with Crippen LogP contribution in [0.25, 0.3) is 0 Å². The first-order chi connectivity index (χ1) is 26.8. The zero-order valence-electron chi connectivity index (χ0n) is 38.5. The van der Waals surface area contributed by atoms with Gasteiger partial charge in [-0.1, -0.05) is 227 Å². The molecule has 1 amide bonds. The standard InChI is InChI=1S/C49H101N2O3P/c1-7-11-14-16-18-20-22-23-24-25-26-27-29-31-34-38-46(37-33-13-9-3)40-41-51(44-48(45-52)55(54)43-42-50(5)6)49(53)47(36-10-4)39-35-32-30-28-21-19-17-15-12-8-2/h46-48,52,55H,7-45H2,1-6H3. The van der Waals surface area contributed by atoms with Gasteiger partial charge in [0.25, 0.3) is 0 Å². The van der Waals surface area contributed by atoms with Crippen LogP contribution in [0, 0.1) is 11.8 Å². The van der Waals surface area contributed by atoms with Crippen molar-refractivity contribution < 1.29 is 14.5 Å². The predicted octanol–water partition coefficient (Wildman–Crippen LogP) is 14.9. The van der Waals surface area contributed by atoms with E-state index in [1.807, 2.05) is 14.1 Å². The van der Waals surface area contributed by atoms with Gasteiger partial charge in [-0.05, 0) is 39.3 Å². The van der Waals surface area contributed by atoms with Crippen LogP contribution in [0.3, 0.4) is 0 Å². The molecule has 0 aromatic carbocycles. The van der Waals surface area contributed by atoms with Crippen LogP contribution in [0.2, 0.25) is 0 Å². The zero-order chi connectivity index (χ0) is 40.6. The maximum absolute atomic E-state index is 14.4. The molecule has 0 aliphatic carbocycles. The van der Waals surface area contributed by atoms with E-state index in [1.54, 1.807) is 0 Å². The lowest BCUT2D eigenvalue weighted by Gasteiger charge is -2.32. The highest BCUT2D eigenvalue weighted by Gasteiger charge is 2.28. The normalized spacial score (nSPS) is 14.0. The molecule has 0 radical (unpaired) electrons. The summed E-state index contributed by atoms with van der Waals surface area (Å²) in [6.45, 7) is 11.0. The molecule has 0 aromatic rings. The van der Waals surface area contributed by atoms with Crippen molar-refractivity contribution >= 4 is 13.7 Å². The minimum Gasteiger partial charge on any atom is -0.396 e. The van der Waals surface area contributed by atoms with Gasteiger partial charge in [0, 0.05) is 31.7 Å². The molecule has 0 saturated carbocycles. The van der Waals surface area contributed by atoms with Crippen molar-refractivity contribution in [1.82, 2.24) is 9.80 Å². The minimum atomic E-state index is -2.00. The second-order valence-electron chi connectivity index (χ2n) is 18.0. The summed E-state index contributed by atoms with van der Waals surface area (Å²) in [4.78, 5) is 18.6. The summed E-state index contributed by atoms with van der Waals surface area (Å²) in [5, 5.41) is 10.4. The van der Waals surface area contributed by atoms with Crippen LogP contribution in [-0.2, 0) is 9.36 Å². The fourth-order valence-corrected chi connectivity index (χ4v) is 10.2. The number of nitrogens with zero attached hydrogens (tertiary/aromatic N) is 2. The lowest BCUT2D eigenvalue weighted by molar-refractivity contribution is -0.136. The lowest BCUT2D eigenvalue weighted by atomic mass is 9.90. The molecule has 0 saturated heterocycles. The van der Waals surface area contributed by atoms with E-state index in [1.165, 1.54) is 186 Å². The van der Waals surface area contributed by atoms with Crippen molar-refractivity contribution in [2.75, 3.05) is 46.5 Å². The van der Waals surface area contributed by atoms with Crippen molar-refractivity contribution in [3.8, 4) is 0 Å². The van der Waals surface area contributed by atoms with Gasteiger partial charge in [0.2, 0.25) is 5.91 Å². The molecule has 55 heavy (non-hydrogen) atoms. The molecule has 4 atom stereocenters. The van der Waals surface area contributed by atoms with Crippen LogP contribution in [0.4, 0.5) is 0 Å². The van der Waals surface area contributed by atoms with Gasteiger partial charge in [-0.2, -0.15) is 0 Å². The Hall–Kier alpha value is -0.380. The van der Waals surface area contributed by atoms with E-state index in [-0.39, 0.29) is 24.1 Å². The number of aliphatic hydroxyl groups is 1. The molecular formula is C49H101N2O3P. The molecule has 0 aliphatic heterocycles. The van der Waals surface area contributed by atoms with Gasteiger partial charge in [-0.3, -0.25) is 4.79 Å². The topological polar surface area (TPSA) is 60.9 Å². The first kappa shape index (κ1) is 54.6. The molecule has 0 spiro atoms. The third kappa shape index (κ3) is 34.2. The van der Waals surface area contributed by atoms with E-state index < -0.39 is 7.80 Å². The average molecular weight is 797 g/mol. The minimum absolute atomic E-state index is 0.0524. The summed E-state index contributed by atoms with van der Waals surface area (Å²) in [7, 11) is 2.02. The van der Waals surface area contributed by atoms with Crippen molar-refractivity contribution in [2.24, 2.45) is 11.8 Å². The fraction of sp³-hybridized carbons (Fsp3) is 0.980. The second-order valence-corrected chi connectivity index (χ2v) is 20.3. The number of hydrogen-bond acceptors (Lipinski definition) is 4. The molecule has 0 fully saturated rings. The average Bonchev–Trinajstić information content (AvgIpc) is 3.18. The molecule has 0 rings (SSSR count). The van der Waals surface area contributed by atoms with Crippen LogP contribution in [0.15, 0.2) is 0 Å². The van der Waals surface area contributed by atoms with Crippen molar-refractivity contribution in [1.29, 1.82) is 0 Å². The van der Waals surface area contributed by atoms with E-state index in [4.69, 9.17) is 0 Å². The highest BCUT2D eigenvalue weighted by Crippen LogP contribution is 2.31. The Morgan fingerprint density at radius 1 is 0.491 bits per heavy atom. The fourth-order valence-electron chi connectivity index (χ4n) is 8.49. The molecule has 0 aromatic heterocycles. The number of rotatable bonds is 44. The number of amides is 1. The van der Waals surface area contributed by atoms with Crippen molar-refractivity contribution in [3.05, 3.63) is 0 Å². The molecule has 4 unspecified atom stereocenters. The second kappa shape index (κ2) is 41.8. The summed E-state index contributed by atoms with van der Waals surface area (Å²) < 4.78 is 13.4. The van der Waals surface area contributed by atoms with Gasteiger partial charge in [-0.15, -0.1) is 0 Å². The molecule has 0 heterocycles. The third-order valence-electron chi connectivity index (χ3n) is 12.4. The monoisotopic (exact) mass is 797 g/mol. The van der Waals surface area contributed by atoms with E-state index in [2.05, 4.69) is 37.5 Å². The molecular weight excluding hydrogens is 696 g/mol. The Morgan fingerprint density at radius 3 is 1.27 bits per heavy atom. The van der Waals surface area contributed by atoms with E-state index >= 15 is 0 Å². The number of unbranched alkanes of at least 4 members (excludes halogenated alkanes) is 25. The number of aliphatic hydroxyl groups excluding tert-OH is 1. The Kier molecular flexibility index (Phi) is 41.5. The van der Waals surface area contributed by atoms with Crippen molar-refractivity contribution in [3.63, 3.8) is 0 Å². The first-order valence-electron chi connectivity index (χ1n) is 24.9. The Morgan fingerprint density at radius 2 is 0.873 bits per heavy atom. The van der Waals surface area contributed by atoms with Gasteiger partial charge >= 0.3 is 0 Å². The molecule has 1 N–H and O–H groups in total. The lowest BCUT2D eigenvalue weighted by Crippen LogP contribution is -2.42. The molecule has 6 heteroatoms. The number of hydrogen-bond donors (Lipinski definition) is 1. The summed E-state index contributed by atoms with van der Waals surface area (Å²) >= 11 is 0. The summed E-state index contributed by atoms with van der Waals surface area (Å²) in [5.41, 5.74) is -0.303.